The van der Waals surface area contributed by atoms with Gasteiger partial charge in [-0.15, -0.1) is 0 Å². The summed E-state index contributed by atoms with van der Waals surface area (Å²) in [4.78, 5) is 22.9. The van der Waals surface area contributed by atoms with Crippen molar-refractivity contribution in [2.24, 2.45) is 0 Å². The molecule has 0 spiro atoms. The zero-order valence-corrected chi connectivity index (χ0v) is 14.3. The number of halogens is 1. The molecule has 0 saturated carbocycles. The lowest BCUT2D eigenvalue weighted by molar-refractivity contribution is -0.139. The van der Waals surface area contributed by atoms with Gasteiger partial charge < -0.3 is 20.9 Å². The van der Waals surface area contributed by atoms with E-state index in [1.54, 1.807) is 39.0 Å². The number of benzene rings is 1. The fraction of sp³-hybridized carbons (Fsp3) is 0.429. The molecule has 0 heterocycles. The predicted molar refractivity (Wildman–Crippen MR) is 88.1 cm³/mol. The summed E-state index contributed by atoms with van der Waals surface area (Å²) >= 11 is 2.07. The molecule has 6 nitrogen and oxygen atoms in total. The molecule has 0 radical (unpaired) electrons. The number of nitrogens with two attached hydrogens (primary N) is 1. The Hall–Kier alpha value is -1.51. The molecule has 0 aromatic heterocycles. The monoisotopic (exact) mass is 406 g/mol. The van der Waals surface area contributed by atoms with Gasteiger partial charge in [0.25, 0.3) is 0 Å². The van der Waals surface area contributed by atoms with Crippen LogP contribution < -0.4 is 11.1 Å². The minimum absolute atomic E-state index is 0.158. The second-order valence-corrected chi connectivity index (χ2v) is 6.76. The van der Waals surface area contributed by atoms with Gasteiger partial charge in [0, 0.05) is 15.7 Å². The standard InChI is InChI=1S/C14H19IN2O4/c1-14(2,3)21-13(20)17-11(12(18)19)7-8-4-5-10(16)9(15)6-8/h4-6,11H,7,16H2,1-3H3,(H,17,20)(H,18,19)/t11-/m0/s1. The molecule has 116 valence electrons. The maximum atomic E-state index is 11.7. The van der Waals surface area contributed by atoms with Crippen LogP contribution in [0.1, 0.15) is 26.3 Å². The van der Waals surface area contributed by atoms with E-state index in [0.29, 0.717) is 5.69 Å². The average molecular weight is 406 g/mol. The van der Waals surface area contributed by atoms with Crippen LogP contribution in [0, 0.1) is 3.57 Å². The van der Waals surface area contributed by atoms with Gasteiger partial charge >= 0.3 is 12.1 Å². The van der Waals surface area contributed by atoms with Crippen molar-refractivity contribution in [2.45, 2.75) is 38.8 Å². The molecule has 0 unspecified atom stereocenters. The van der Waals surface area contributed by atoms with Gasteiger partial charge in [-0.2, -0.15) is 0 Å². The molecular formula is C14H19IN2O4. The predicted octanol–water partition coefficient (Wildman–Crippen LogP) is 2.39. The van der Waals surface area contributed by atoms with Crippen LogP contribution in [-0.4, -0.2) is 28.8 Å². The number of hydrogen-bond acceptors (Lipinski definition) is 4. The summed E-state index contributed by atoms with van der Waals surface area (Å²) in [6.07, 6.45) is -0.592. The Morgan fingerprint density at radius 3 is 2.52 bits per heavy atom. The van der Waals surface area contributed by atoms with Crippen molar-refractivity contribution in [1.82, 2.24) is 5.32 Å². The first-order valence-corrected chi connectivity index (χ1v) is 7.42. The number of alkyl carbamates (subject to hydrolysis) is 1. The Kier molecular flexibility index (Phi) is 5.82. The third-order valence-corrected chi connectivity index (χ3v) is 3.43. The minimum atomic E-state index is -1.12. The van der Waals surface area contributed by atoms with Crippen molar-refractivity contribution in [2.75, 3.05) is 5.73 Å². The molecule has 0 aliphatic rings. The molecule has 7 heteroatoms. The second-order valence-electron chi connectivity index (χ2n) is 5.60. The molecule has 0 bridgehead atoms. The number of amides is 1. The van der Waals surface area contributed by atoms with E-state index in [9.17, 15) is 14.7 Å². The Morgan fingerprint density at radius 2 is 2.05 bits per heavy atom. The van der Waals surface area contributed by atoms with Gasteiger partial charge in [0.05, 0.1) is 0 Å². The highest BCUT2D eigenvalue weighted by Gasteiger charge is 2.24. The first-order valence-electron chi connectivity index (χ1n) is 6.34. The van der Waals surface area contributed by atoms with E-state index in [4.69, 9.17) is 10.5 Å². The van der Waals surface area contributed by atoms with Crippen LogP contribution in [0.5, 0.6) is 0 Å². The summed E-state index contributed by atoms with van der Waals surface area (Å²) in [5.74, 6) is -1.12. The van der Waals surface area contributed by atoms with Crippen LogP contribution in [0.15, 0.2) is 18.2 Å². The fourth-order valence-electron chi connectivity index (χ4n) is 1.58. The smallest absolute Gasteiger partial charge is 0.408 e. The molecule has 4 N–H and O–H groups in total. The quantitative estimate of drug-likeness (QED) is 0.527. The largest absolute Gasteiger partial charge is 0.480 e. The van der Waals surface area contributed by atoms with Crippen LogP contribution in [0.2, 0.25) is 0 Å². The number of carboxylic acid groups (broad SMARTS) is 1. The molecule has 1 atom stereocenters. The molecule has 1 aromatic carbocycles. The van der Waals surface area contributed by atoms with Crippen molar-refractivity contribution >= 4 is 40.3 Å². The second kappa shape index (κ2) is 6.97. The van der Waals surface area contributed by atoms with Crippen molar-refractivity contribution < 1.29 is 19.4 Å². The summed E-state index contributed by atoms with van der Waals surface area (Å²) in [5.41, 5.74) is 6.44. The number of rotatable bonds is 4. The van der Waals surface area contributed by atoms with Crippen molar-refractivity contribution in [1.29, 1.82) is 0 Å². The molecule has 21 heavy (non-hydrogen) atoms. The number of nitrogens with one attached hydrogen (secondary N) is 1. The van der Waals surface area contributed by atoms with E-state index in [0.717, 1.165) is 9.13 Å². The van der Waals surface area contributed by atoms with Gasteiger partial charge in [0.1, 0.15) is 11.6 Å². The van der Waals surface area contributed by atoms with Gasteiger partial charge in [-0.05, 0) is 61.1 Å². The van der Waals surface area contributed by atoms with E-state index in [2.05, 4.69) is 27.9 Å². The van der Waals surface area contributed by atoms with Gasteiger partial charge in [-0.1, -0.05) is 6.07 Å². The van der Waals surface area contributed by atoms with Crippen LogP contribution >= 0.6 is 22.6 Å². The Labute approximate surface area is 137 Å². The number of carbonyl (C=O) groups is 2. The number of aliphatic carboxylic acids is 1. The zero-order chi connectivity index (χ0) is 16.2. The van der Waals surface area contributed by atoms with Crippen LogP contribution in [0.3, 0.4) is 0 Å². The number of nitrogen functional groups attached to an aromatic ring is 1. The highest BCUT2D eigenvalue weighted by Crippen LogP contribution is 2.17. The normalized spacial score (nSPS) is 12.6. The van der Waals surface area contributed by atoms with Gasteiger partial charge in [-0.3, -0.25) is 0 Å². The van der Waals surface area contributed by atoms with E-state index < -0.39 is 23.7 Å². The third kappa shape index (κ3) is 6.19. The highest BCUT2D eigenvalue weighted by atomic mass is 127. The summed E-state index contributed by atoms with van der Waals surface area (Å²) in [6, 6.07) is 4.19. The molecule has 1 rings (SSSR count). The Morgan fingerprint density at radius 1 is 1.43 bits per heavy atom. The van der Waals surface area contributed by atoms with E-state index in [-0.39, 0.29) is 6.42 Å². The maximum Gasteiger partial charge on any atom is 0.408 e. The van der Waals surface area contributed by atoms with E-state index in [1.165, 1.54) is 0 Å². The summed E-state index contributed by atoms with van der Waals surface area (Å²) in [5, 5.41) is 11.6. The Balaban J connectivity index is 2.76. The number of carbonyl (C=O) groups excluding carboxylic acids is 1. The number of ether oxygens (including phenoxy) is 1. The van der Waals surface area contributed by atoms with E-state index in [1.807, 2.05) is 0 Å². The minimum Gasteiger partial charge on any atom is -0.480 e. The summed E-state index contributed by atoms with van der Waals surface area (Å²) < 4.78 is 5.90. The van der Waals surface area contributed by atoms with Crippen molar-refractivity contribution in [3.63, 3.8) is 0 Å². The lowest BCUT2D eigenvalue weighted by Crippen LogP contribution is -2.44. The highest BCUT2D eigenvalue weighted by molar-refractivity contribution is 14.1. The molecule has 0 fully saturated rings. The zero-order valence-electron chi connectivity index (χ0n) is 12.1. The first kappa shape index (κ1) is 17.5. The first-order chi connectivity index (χ1) is 9.58. The lowest BCUT2D eigenvalue weighted by Gasteiger charge is -2.22. The van der Waals surface area contributed by atoms with Gasteiger partial charge in [0.15, 0.2) is 0 Å². The van der Waals surface area contributed by atoms with E-state index >= 15 is 0 Å². The lowest BCUT2D eigenvalue weighted by atomic mass is 10.1. The molecule has 0 aliphatic heterocycles. The number of carboxylic acids is 1. The number of anilines is 1. The number of hydrogen-bond donors (Lipinski definition) is 3. The third-order valence-electron chi connectivity index (χ3n) is 2.49. The SMILES string of the molecule is CC(C)(C)OC(=O)N[C@@H](Cc1ccc(N)c(I)c1)C(=O)O. The van der Waals surface area contributed by atoms with Crippen molar-refractivity contribution in [3.8, 4) is 0 Å². The molecular weight excluding hydrogens is 387 g/mol. The summed E-state index contributed by atoms with van der Waals surface area (Å²) in [6.45, 7) is 5.14. The average Bonchev–Trinajstić information content (AvgIpc) is 2.30. The summed E-state index contributed by atoms with van der Waals surface area (Å²) in [7, 11) is 0. The van der Waals surface area contributed by atoms with Gasteiger partial charge in [-0.25, -0.2) is 9.59 Å². The fourth-order valence-corrected chi connectivity index (χ4v) is 2.16. The van der Waals surface area contributed by atoms with Gasteiger partial charge in [0.2, 0.25) is 0 Å². The molecule has 0 saturated heterocycles. The molecule has 0 aliphatic carbocycles. The topological polar surface area (TPSA) is 102 Å². The molecule has 1 amide bonds. The van der Waals surface area contributed by atoms with Crippen molar-refractivity contribution in [3.05, 3.63) is 27.3 Å². The van der Waals surface area contributed by atoms with Crippen LogP contribution in [0.4, 0.5) is 10.5 Å². The molecule has 1 aromatic rings. The van der Waals surface area contributed by atoms with Crippen LogP contribution in [-0.2, 0) is 16.0 Å². The Bertz CT molecular complexity index is 540. The maximum absolute atomic E-state index is 11.7. The van der Waals surface area contributed by atoms with Crippen LogP contribution in [0.25, 0.3) is 0 Å².